The molecule has 0 aromatic carbocycles. The number of nitrogens with zero attached hydrogens (tertiary/aromatic N) is 4. The lowest BCUT2D eigenvalue weighted by molar-refractivity contribution is -0.135. The fraction of sp³-hybridized carbons (Fsp3) is 0.667. The Bertz CT molecular complexity index is 935. The van der Waals surface area contributed by atoms with Gasteiger partial charge in [-0.05, 0) is 37.0 Å². The number of rotatable bonds is 3. The van der Waals surface area contributed by atoms with E-state index in [1.165, 1.54) is 35.1 Å². The molecule has 2 aromatic heterocycles. The topological polar surface area (TPSA) is 39.7 Å². The van der Waals surface area contributed by atoms with Crippen molar-refractivity contribution in [3.63, 3.8) is 0 Å². The number of thiophene rings is 1. The Hall–Kier alpha value is -1.50. The maximum atomic E-state index is 12.9. The number of fused-ring (bicyclic) bond motifs is 3. The first-order valence-electron chi connectivity index (χ1n) is 11.5. The number of aromatic nitrogens is 1. The van der Waals surface area contributed by atoms with E-state index in [0.717, 1.165) is 62.3 Å². The van der Waals surface area contributed by atoms with E-state index in [4.69, 9.17) is 4.98 Å². The van der Waals surface area contributed by atoms with Crippen LogP contribution < -0.4 is 0 Å². The smallest absolute Gasteiger partial charge is 0.236 e. The van der Waals surface area contributed by atoms with Crippen LogP contribution in [0.2, 0.25) is 0 Å². The van der Waals surface area contributed by atoms with Crippen molar-refractivity contribution in [1.82, 2.24) is 19.7 Å². The highest BCUT2D eigenvalue weighted by molar-refractivity contribution is 7.18. The molecule has 1 saturated carbocycles. The van der Waals surface area contributed by atoms with Gasteiger partial charge in [-0.15, -0.1) is 11.3 Å². The largest absolute Gasteiger partial charge is 0.339 e. The van der Waals surface area contributed by atoms with Crippen LogP contribution in [0.3, 0.4) is 0 Å². The molecule has 30 heavy (non-hydrogen) atoms. The Morgan fingerprint density at radius 2 is 1.90 bits per heavy atom. The Kier molecular flexibility index (Phi) is 5.36. The summed E-state index contributed by atoms with van der Waals surface area (Å²) in [6, 6.07) is 5.25. The van der Waals surface area contributed by atoms with E-state index in [9.17, 15) is 4.79 Å². The van der Waals surface area contributed by atoms with Crippen molar-refractivity contribution in [3.05, 3.63) is 28.3 Å². The van der Waals surface area contributed by atoms with Crippen LogP contribution in [-0.4, -0.2) is 70.9 Å². The highest BCUT2D eigenvalue weighted by atomic mass is 32.1. The lowest BCUT2D eigenvalue weighted by atomic mass is 9.91. The van der Waals surface area contributed by atoms with Gasteiger partial charge in [0.2, 0.25) is 5.91 Å². The van der Waals surface area contributed by atoms with Gasteiger partial charge in [0, 0.05) is 66.7 Å². The van der Waals surface area contributed by atoms with Crippen molar-refractivity contribution in [2.24, 2.45) is 0 Å². The molecule has 5 nitrogen and oxygen atoms in total. The highest BCUT2D eigenvalue weighted by Crippen LogP contribution is 2.35. The van der Waals surface area contributed by atoms with Crippen LogP contribution in [0.1, 0.15) is 56.2 Å². The molecule has 1 saturated heterocycles. The summed E-state index contributed by atoms with van der Waals surface area (Å²) in [4.78, 5) is 27.5. The summed E-state index contributed by atoms with van der Waals surface area (Å²) in [5.74, 6) is 0.306. The van der Waals surface area contributed by atoms with Crippen molar-refractivity contribution in [2.45, 2.75) is 64.5 Å². The molecule has 4 heterocycles. The standard InChI is InChI=1S/C24H34N4OS/c1-24(2,3)21-8-7-19-18-9-10-26(15-20(18)30-23(19)25-21)16-22(29)28-13-11-27(12-14-28)17-5-4-6-17/h7-8,17H,4-6,9-16H2,1-3H3. The zero-order valence-corrected chi connectivity index (χ0v) is 19.4. The number of carbonyl (C=O) groups excluding carboxylic acids is 1. The van der Waals surface area contributed by atoms with E-state index in [0.29, 0.717) is 12.5 Å². The highest BCUT2D eigenvalue weighted by Gasteiger charge is 2.30. The number of hydrogen-bond donors (Lipinski definition) is 0. The summed E-state index contributed by atoms with van der Waals surface area (Å²) in [6.45, 7) is 13.0. The molecular formula is C24H34N4OS. The van der Waals surface area contributed by atoms with Gasteiger partial charge in [-0.3, -0.25) is 14.6 Å². The Morgan fingerprint density at radius 3 is 2.57 bits per heavy atom. The molecule has 162 valence electrons. The van der Waals surface area contributed by atoms with Crippen molar-refractivity contribution < 1.29 is 4.79 Å². The van der Waals surface area contributed by atoms with Crippen molar-refractivity contribution in [2.75, 3.05) is 39.3 Å². The quantitative estimate of drug-likeness (QED) is 0.751. The van der Waals surface area contributed by atoms with Crippen LogP contribution in [0.5, 0.6) is 0 Å². The van der Waals surface area contributed by atoms with Gasteiger partial charge < -0.3 is 4.90 Å². The lowest BCUT2D eigenvalue weighted by Gasteiger charge is -2.43. The predicted molar refractivity (Wildman–Crippen MR) is 123 cm³/mol. The van der Waals surface area contributed by atoms with E-state index in [1.807, 2.05) is 11.3 Å². The van der Waals surface area contributed by atoms with E-state index in [-0.39, 0.29) is 5.41 Å². The predicted octanol–water partition coefficient (Wildman–Crippen LogP) is 3.65. The summed E-state index contributed by atoms with van der Waals surface area (Å²) in [6.07, 6.45) is 5.11. The summed E-state index contributed by atoms with van der Waals surface area (Å²) in [5, 5.41) is 1.32. The van der Waals surface area contributed by atoms with E-state index >= 15 is 0 Å². The van der Waals surface area contributed by atoms with Crippen molar-refractivity contribution >= 4 is 27.5 Å². The van der Waals surface area contributed by atoms with Crippen LogP contribution >= 0.6 is 11.3 Å². The first-order valence-corrected chi connectivity index (χ1v) is 12.4. The van der Waals surface area contributed by atoms with Gasteiger partial charge in [0.1, 0.15) is 4.83 Å². The molecule has 6 heteroatoms. The van der Waals surface area contributed by atoms with Gasteiger partial charge in [0.15, 0.2) is 0 Å². The number of piperazine rings is 1. The fourth-order valence-electron chi connectivity index (χ4n) is 4.96. The molecule has 1 aliphatic carbocycles. The molecule has 2 aromatic rings. The molecule has 0 N–H and O–H groups in total. The first kappa shape index (κ1) is 20.4. The van der Waals surface area contributed by atoms with Gasteiger partial charge in [-0.25, -0.2) is 4.98 Å². The zero-order chi connectivity index (χ0) is 20.9. The summed E-state index contributed by atoms with van der Waals surface area (Å²) in [5.41, 5.74) is 2.68. The number of amides is 1. The number of hydrogen-bond acceptors (Lipinski definition) is 5. The van der Waals surface area contributed by atoms with Crippen LogP contribution in [-0.2, 0) is 23.2 Å². The van der Waals surface area contributed by atoms with Crippen LogP contribution in [0.4, 0.5) is 0 Å². The SMILES string of the molecule is CC(C)(C)c1ccc2c3c(sc2n1)CN(CC(=O)N1CCN(C2CCC2)CC1)CC3. The third-order valence-electron chi connectivity index (χ3n) is 7.17. The fourth-order valence-corrected chi connectivity index (χ4v) is 6.22. The summed E-state index contributed by atoms with van der Waals surface area (Å²) >= 11 is 1.82. The third kappa shape index (κ3) is 3.90. The maximum absolute atomic E-state index is 12.9. The molecule has 0 radical (unpaired) electrons. The van der Waals surface area contributed by atoms with Crippen molar-refractivity contribution in [1.29, 1.82) is 0 Å². The average Bonchev–Trinajstić information content (AvgIpc) is 3.03. The first-order chi connectivity index (χ1) is 14.4. The molecule has 0 spiro atoms. The minimum absolute atomic E-state index is 0.0692. The van der Waals surface area contributed by atoms with Crippen LogP contribution in [0.25, 0.3) is 10.2 Å². The van der Waals surface area contributed by atoms with Gasteiger partial charge in [-0.2, -0.15) is 0 Å². The average molecular weight is 427 g/mol. The second kappa shape index (κ2) is 7.88. The summed E-state index contributed by atoms with van der Waals surface area (Å²) in [7, 11) is 0. The molecule has 1 amide bonds. The molecule has 2 fully saturated rings. The monoisotopic (exact) mass is 426 g/mol. The van der Waals surface area contributed by atoms with E-state index in [2.05, 4.69) is 47.6 Å². The Morgan fingerprint density at radius 1 is 1.13 bits per heavy atom. The molecule has 5 rings (SSSR count). The maximum Gasteiger partial charge on any atom is 0.236 e. The van der Waals surface area contributed by atoms with Crippen LogP contribution in [0.15, 0.2) is 12.1 Å². The molecule has 0 unspecified atom stereocenters. The number of carbonyl (C=O) groups is 1. The molecule has 0 atom stereocenters. The van der Waals surface area contributed by atoms with Gasteiger partial charge in [0.25, 0.3) is 0 Å². The second-order valence-corrected chi connectivity index (χ2v) is 11.3. The molecule has 2 aliphatic heterocycles. The lowest BCUT2D eigenvalue weighted by Crippen LogP contribution is -2.55. The Labute approximate surface area is 184 Å². The normalized spacial score (nSPS) is 21.6. The van der Waals surface area contributed by atoms with Gasteiger partial charge in [-0.1, -0.05) is 27.2 Å². The minimum atomic E-state index is 0.0692. The molecule has 3 aliphatic rings. The Balaban J connectivity index is 1.22. The van der Waals surface area contributed by atoms with Crippen molar-refractivity contribution in [3.8, 4) is 0 Å². The van der Waals surface area contributed by atoms with Crippen LogP contribution in [0, 0.1) is 0 Å². The van der Waals surface area contributed by atoms with Gasteiger partial charge in [0.05, 0.1) is 6.54 Å². The minimum Gasteiger partial charge on any atom is -0.339 e. The summed E-state index contributed by atoms with van der Waals surface area (Å²) < 4.78 is 0. The second-order valence-electron chi connectivity index (χ2n) is 10.3. The molecule has 0 bridgehead atoms. The zero-order valence-electron chi connectivity index (χ0n) is 18.6. The molecular weight excluding hydrogens is 392 g/mol. The van der Waals surface area contributed by atoms with E-state index in [1.54, 1.807) is 0 Å². The van der Waals surface area contributed by atoms with E-state index < -0.39 is 0 Å². The van der Waals surface area contributed by atoms with Gasteiger partial charge >= 0.3 is 0 Å². The third-order valence-corrected chi connectivity index (χ3v) is 8.30. The number of pyridine rings is 1.